The Hall–Kier alpha value is -3.41. The topological polar surface area (TPSA) is 81.3 Å². The molecule has 126 valence electrons. The number of carbonyl (C=O) groups excluding carboxylic acids is 1. The van der Waals surface area contributed by atoms with Crippen LogP contribution in [0.25, 0.3) is 17.0 Å². The highest BCUT2D eigenvalue weighted by Crippen LogP contribution is 2.24. The first-order valence-corrected chi connectivity index (χ1v) is 7.56. The van der Waals surface area contributed by atoms with Crippen molar-refractivity contribution in [1.29, 1.82) is 0 Å². The first kappa shape index (κ1) is 16.4. The van der Waals surface area contributed by atoms with E-state index in [1.807, 2.05) is 0 Å². The maximum atomic E-state index is 12.5. The van der Waals surface area contributed by atoms with Crippen molar-refractivity contribution in [2.45, 2.75) is 0 Å². The van der Waals surface area contributed by atoms with Crippen LogP contribution in [0, 0.1) is 0 Å². The van der Waals surface area contributed by atoms with Gasteiger partial charge in [-0.05, 0) is 42.5 Å². The standard InChI is InChI=1S/C19H16N2O4/c1-24-12-7-9-17(25-2)14(11-12)16(22)8-10-18-20-15-6-4-3-5-13(15)19(23)21-18/h3-11H,1-2H3,(H,20,21,23)/b10-8+. The maximum absolute atomic E-state index is 12.5. The Morgan fingerprint density at radius 2 is 1.92 bits per heavy atom. The van der Waals surface area contributed by atoms with E-state index in [-0.39, 0.29) is 11.3 Å². The van der Waals surface area contributed by atoms with Crippen LogP contribution in [0.2, 0.25) is 0 Å². The van der Waals surface area contributed by atoms with Gasteiger partial charge >= 0.3 is 0 Å². The fourth-order valence-corrected chi connectivity index (χ4v) is 2.43. The van der Waals surface area contributed by atoms with Crippen LogP contribution in [0.3, 0.4) is 0 Å². The highest BCUT2D eigenvalue weighted by atomic mass is 16.5. The first-order valence-electron chi connectivity index (χ1n) is 7.56. The van der Waals surface area contributed by atoms with Gasteiger partial charge in [-0.15, -0.1) is 0 Å². The molecule has 6 nitrogen and oxygen atoms in total. The highest BCUT2D eigenvalue weighted by molar-refractivity contribution is 6.08. The number of aromatic amines is 1. The Kier molecular flexibility index (Phi) is 4.61. The molecule has 1 heterocycles. The van der Waals surface area contributed by atoms with Crippen molar-refractivity contribution in [2.75, 3.05) is 14.2 Å². The second-order valence-electron chi connectivity index (χ2n) is 5.23. The molecule has 0 saturated carbocycles. The lowest BCUT2D eigenvalue weighted by atomic mass is 10.1. The molecular formula is C19H16N2O4. The molecule has 0 amide bonds. The molecule has 25 heavy (non-hydrogen) atoms. The molecule has 0 spiro atoms. The predicted molar refractivity (Wildman–Crippen MR) is 95.3 cm³/mol. The van der Waals surface area contributed by atoms with E-state index in [1.165, 1.54) is 26.4 Å². The summed E-state index contributed by atoms with van der Waals surface area (Å²) in [6, 6.07) is 12.0. The number of methoxy groups -OCH3 is 2. The highest BCUT2D eigenvalue weighted by Gasteiger charge is 2.11. The summed E-state index contributed by atoms with van der Waals surface area (Å²) in [5.41, 5.74) is 0.676. The average Bonchev–Trinajstić information content (AvgIpc) is 2.65. The summed E-state index contributed by atoms with van der Waals surface area (Å²) >= 11 is 0. The van der Waals surface area contributed by atoms with Gasteiger partial charge in [0.15, 0.2) is 5.78 Å². The molecule has 0 bridgehead atoms. The second-order valence-corrected chi connectivity index (χ2v) is 5.23. The molecule has 2 aromatic carbocycles. The third kappa shape index (κ3) is 3.42. The van der Waals surface area contributed by atoms with E-state index in [1.54, 1.807) is 42.5 Å². The number of fused-ring (bicyclic) bond motifs is 1. The summed E-state index contributed by atoms with van der Waals surface area (Å²) in [7, 11) is 3.01. The Balaban J connectivity index is 1.94. The molecular weight excluding hydrogens is 320 g/mol. The zero-order valence-corrected chi connectivity index (χ0v) is 13.8. The number of aromatic nitrogens is 2. The minimum absolute atomic E-state index is 0.253. The fraction of sp³-hybridized carbons (Fsp3) is 0.105. The van der Waals surface area contributed by atoms with Crippen molar-refractivity contribution in [3.05, 3.63) is 70.3 Å². The predicted octanol–water partition coefficient (Wildman–Crippen LogP) is 2.84. The minimum atomic E-state index is -0.286. The molecule has 3 rings (SSSR count). The van der Waals surface area contributed by atoms with Crippen molar-refractivity contribution < 1.29 is 14.3 Å². The maximum Gasteiger partial charge on any atom is 0.259 e. The number of H-pyrrole nitrogens is 1. The van der Waals surface area contributed by atoms with Gasteiger partial charge < -0.3 is 14.5 Å². The van der Waals surface area contributed by atoms with Crippen LogP contribution < -0.4 is 15.0 Å². The van der Waals surface area contributed by atoms with Gasteiger partial charge in [-0.25, -0.2) is 4.98 Å². The molecule has 6 heteroatoms. The summed E-state index contributed by atoms with van der Waals surface area (Å²) in [6.07, 6.45) is 2.80. The van der Waals surface area contributed by atoms with Crippen molar-refractivity contribution in [1.82, 2.24) is 9.97 Å². The lowest BCUT2D eigenvalue weighted by Gasteiger charge is -2.07. The van der Waals surface area contributed by atoms with Crippen LogP contribution in [0.15, 0.2) is 53.3 Å². The summed E-state index contributed by atoms with van der Waals surface area (Å²) in [5.74, 6) is 1.01. The van der Waals surface area contributed by atoms with Gasteiger partial charge in [-0.1, -0.05) is 12.1 Å². The second kappa shape index (κ2) is 7.00. The molecule has 0 unspecified atom stereocenters. The number of rotatable bonds is 5. The molecule has 0 aliphatic carbocycles. The number of carbonyl (C=O) groups is 1. The van der Waals surface area contributed by atoms with Gasteiger partial charge in [-0.2, -0.15) is 0 Å². The minimum Gasteiger partial charge on any atom is -0.497 e. The number of para-hydroxylation sites is 1. The van der Waals surface area contributed by atoms with Gasteiger partial charge in [0, 0.05) is 0 Å². The number of ketones is 1. The third-order valence-corrected chi connectivity index (χ3v) is 3.70. The number of nitrogens with one attached hydrogen (secondary N) is 1. The van der Waals surface area contributed by atoms with E-state index in [0.717, 1.165) is 0 Å². The first-order chi connectivity index (χ1) is 12.1. The number of nitrogens with zero attached hydrogens (tertiary/aromatic N) is 1. The van der Waals surface area contributed by atoms with E-state index in [4.69, 9.17) is 9.47 Å². The molecule has 1 aromatic heterocycles. The third-order valence-electron chi connectivity index (χ3n) is 3.70. The molecule has 3 aromatic rings. The summed E-state index contributed by atoms with van der Waals surface area (Å²) in [5, 5.41) is 0.500. The largest absolute Gasteiger partial charge is 0.497 e. The quantitative estimate of drug-likeness (QED) is 0.572. The van der Waals surface area contributed by atoms with Gasteiger partial charge in [0.25, 0.3) is 5.56 Å². The lowest BCUT2D eigenvalue weighted by Crippen LogP contribution is -2.09. The van der Waals surface area contributed by atoms with Crippen LogP contribution in [0.5, 0.6) is 11.5 Å². The van der Waals surface area contributed by atoms with E-state index < -0.39 is 0 Å². The van der Waals surface area contributed by atoms with Gasteiger partial charge in [0.2, 0.25) is 0 Å². The van der Waals surface area contributed by atoms with Gasteiger partial charge in [0.1, 0.15) is 17.3 Å². The summed E-state index contributed by atoms with van der Waals surface area (Å²) in [4.78, 5) is 31.5. The van der Waals surface area contributed by atoms with Crippen molar-refractivity contribution >= 4 is 22.8 Å². The van der Waals surface area contributed by atoms with Crippen molar-refractivity contribution in [3.8, 4) is 11.5 Å². The average molecular weight is 336 g/mol. The fourth-order valence-electron chi connectivity index (χ4n) is 2.43. The van der Waals surface area contributed by atoms with Gasteiger partial charge in [-0.3, -0.25) is 9.59 Å². The van der Waals surface area contributed by atoms with E-state index >= 15 is 0 Å². The Morgan fingerprint density at radius 1 is 1.12 bits per heavy atom. The monoisotopic (exact) mass is 336 g/mol. The lowest BCUT2D eigenvalue weighted by molar-refractivity contribution is 0.104. The van der Waals surface area contributed by atoms with E-state index in [0.29, 0.717) is 33.8 Å². The molecule has 0 fully saturated rings. The van der Waals surface area contributed by atoms with Gasteiger partial charge in [0.05, 0.1) is 30.7 Å². The van der Waals surface area contributed by atoms with Crippen LogP contribution in [-0.2, 0) is 0 Å². The van der Waals surface area contributed by atoms with Crippen LogP contribution >= 0.6 is 0 Å². The van der Waals surface area contributed by atoms with E-state index in [2.05, 4.69) is 9.97 Å². The Morgan fingerprint density at radius 3 is 2.68 bits per heavy atom. The SMILES string of the molecule is COc1ccc(OC)c(C(=O)/C=C/c2nc3ccccc3c(=O)[nH]2)c1. The molecule has 0 atom stereocenters. The zero-order valence-electron chi connectivity index (χ0n) is 13.8. The van der Waals surface area contributed by atoms with Crippen LogP contribution in [0.4, 0.5) is 0 Å². The molecule has 0 radical (unpaired) electrons. The van der Waals surface area contributed by atoms with Crippen LogP contribution in [-0.4, -0.2) is 30.0 Å². The molecule has 0 saturated heterocycles. The smallest absolute Gasteiger partial charge is 0.259 e. The number of hydrogen-bond donors (Lipinski definition) is 1. The summed E-state index contributed by atoms with van der Waals surface area (Å²) in [6.45, 7) is 0. The normalized spacial score (nSPS) is 11.0. The number of benzene rings is 2. The number of allylic oxidation sites excluding steroid dienone is 1. The number of hydrogen-bond acceptors (Lipinski definition) is 5. The van der Waals surface area contributed by atoms with Crippen molar-refractivity contribution in [2.24, 2.45) is 0 Å². The Labute approximate surface area is 143 Å². The summed E-state index contributed by atoms with van der Waals surface area (Å²) < 4.78 is 10.4. The molecule has 0 aliphatic heterocycles. The molecule has 0 aliphatic rings. The van der Waals surface area contributed by atoms with E-state index in [9.17, 15) is 9.59 Å². The van der Waals surface area contributed by atoms with Crippen molar-refractivity contribution in [3.63, 3.8) is 0 Å². The molecule has 1 N–H and O–H groups in total. The zero-order chi connectivity index (χ0) is 17.8. The number of ether oxygens (including phenoxy) is 2. The van der Waals surface area contributed by atoms with Crippen LogP contribution in [0.1, 0.15) is 16.2 Å². The Bertz CT molecular complexity index is 1020.